The molecule has 0 unspecified atom stereocenters. The predicted molar refractivity (Wildman–Crippen MR) is 117 cm³/mol. The van der Waals surface area contributed by atoms with Gasteiger partial charge in [0, 0.05) is 31.6 Å². The summed E-state index contributed by atoms with van der Waals surface area (Å²) in [6.07, 6.45) is 7.78. The van der Waals surface area contributed by atoms with E-state index in [0.29, 0.717) is 31.9 Å². The molecule has 0 spiro atoms. The molecule has 30 heavy (non-hydrogen) atoms. The Morgan fingerprint density at radius 3 is 2.63 bits per heavy atom. The molecule has 2 fully saturated rings. The van der Waals surface area contributed by atoms with Crippen molar-refractivity contribution in [1.29, 1.82) is 0 Å². The van der Waals surface area contributed by atoms with Crippen LogP contribution in [0.25, 0.3) is 0 Å². The zero-order valence-corrected chi connectivity index (χ0v) is 17.4. The van der Waals surface area contributed by atoms with Gasteiger partial charge in [0.25, 0.3) is 0 Å². The number of carbonyl (C=O) groups excluding carboxylic acids is 2. The van der Waals surface area contributed by atoms with Crippen molar-refractivity contribution < 1.29 is 14.3 Å². The molecule has 2 aliphatic rings. The number of amides is 2. The smallest absolute Gasteiger partial charge is 0.224 e. The predicted octanol–water partition coefficient (Wildman–Crippen LogP) is 4.70. The number of hydrogen-bond acceptors (Lipinski definition) is 3. The van der Waals surface area contributed by atoms with E-state index in [1.807, 2.05) is 47.4 Å². The van der Waals surface area contributed by atoms with Crippen LogP contribution in [0.4, 0.5) is 5.69 Å². The molecule has 5 heteroatoms. The molecule has 2 amide bonds. The minimum absolute atomic E-state index is 0.00786. The summed E-state index contributed by atoms with van der Waals surface area (Å²) >= 11 is 0. The average Bonchev–Trinajstić information content (AvgIpc) is 3.39. The summed E-state index contributed by atoms with van der Waals surface area (Å²) in [6.45, 7) is 1.43. The number of rotatable bonds is 8. The average molecular weight is 407 g/mol. The van der Waals surface area contributed by atoms with Crippen molar-refractivity contribution in [3.8, 4) is 5.75 Å². The van der Waals surface area contributed by atoms with Gasteiger partial charge in [0.15, 0.2) is 0 Å². The fraction of sp³-hybridized carbons (Fsp3) is 0.440. The van der Waals surface area contributed by atoms with Crippen molar-refractivity contribution in [2.24, 2.45) is 0 Å². The maximum absolute atomic E-state index is 12.5. The number of likely N-dealkylation sites (tertiary alicyclic amines) is 1. The zero-order chi connectivity index (χ0) is 20.8. The van der Waals surface area contributed by atoms with Gasteiger partial charge in [-0.2, -0.15) is 0 Å². The van der Waals surface area contributed by atoms with Crippen LogP contribution >= 0.6 is 0 Å². The van der Waals surface area contributed by atoms with Crippen molar-refractivity contribution in [2.75, 3.05) is 11.9 Å². The Morgan fingerprint density at radius 1 is 1.03 bits per heavy atom. The Bertz CT molecular complexity index is 889. The van der Waals surface area contributed by atoms with E-state index >= 15 is 0 Å². The molecule has 1 saturated heterocycles. The minimum Gasteiger partial charge on any atom is -0.490 e. The van der Waals surface area contributed by atoms with E-state index in [-0.39, 0.29) is 11.8 Å². The van der Waals surface area contributed by atoms with Gasteiger partial charge in [-0.15, -0.1) is 0 Å². The molecule has 1 saturated carbocycles. The molecule has 5 nitrogen and oxygen atoms in total. The minimum atomic E-state index is -0.00786. The van der Waals surface area contributed by atoms with E-state index in [4.69, 9.17) is 4.74 Å². The number of carbonyl (C=O) groups is 2. The lowest BCUT2D eigenvalue weighted by Crippen LogP contribution is -2.23. The first kappa shape index (κ1) is 20.5. The van der Waals surface area contributed by atoms with Crippen LogP contribution in [-0.4, -0.2) is 29.4 Å². The second-order valence-corrected chi connectivity index (χ2v) is 8.34. The van der Waals surface area contributed by atoms with Crippen molar-refractivity contribution in [3.63, 3.8) is 0 Å². The summed E-state index contributed by atoms with van der Waals surface area (Å²) in [4.78, 5) is 26.2. The molecular formula is C25H30N2O3. The van der Waals surface area contributed by atoms with E-state index in [9.17, 15) is 9.59 Å². The van der Waals surface area contributed by atoms with Crippen LogP contribution in [0.3, 0.4) is 0 Å². The van der Waals surface area contributed by atoms with Crippen molar-refractivity contribution in [2.45, 2.75) is 64.0 Å². The Kier molecular flexibility index (Phi) is 6.67. The summed E-state index contributed by atoms with van der Waals surface area (Å²) in [7, 11) is 0. The van der Waals surface area contributed by atoms with Crippen molar-refractivity contribution in [3.05, 3.63) is 59.7 Å². The Morgan fingerprint density at radius 2 is 1.83 bits per heavy atom. The van der Waals surface area contributed by atoms with Crippen LogP contribution in [0.2, 0.25) is 0 Å². The van der Waals surface area contributed by atoms with Crippen LogP contribution in [-0.2, 0) is 22.6 Å². The van der Waals surface area contributed by atoms with E-state index < -0.39 is 0 Å². The molecule has 0 bridgehead atoms. The van der Waals surface area contributed by atoms with Gasteiger partial charge >= 0.3 is 0 Å². The second kappa shape index (κ2) is 9.79. The first-order valence-electron chi connectivity index (χ1n) is 11.1. The maximum atomic E-state index is 12.5. The quantitative estimate of drug-likeness (QED) is 0.691. The van der Waals surface area contributed by atoms with E-state index in [1.165, 1.54) is 12.8 Å². The van der Waals surface area contributed by atoms with Gasteiger partial charge in [0.2, 0.25) is 11.8 Å². The monoisotopic (exact) mass is 406 g/mol. The van der Waals surface area contributed by atoms with Crippen LogP contribution < -0.4 is 10.1 Å². The topological polar surface area (TPSA) is 58.6 Å². The van der Waals surface area contributed by atoms with Gasteiger partial charge in [0.1, 0.15) is 5.75 Å². The Balaban J connectivity index is 1.27. The molecule has 1 heterocycles. The molecule has 4 rings (SSSR count). The SMILES string of the molecule is O=C(CCc1cccc(OC2CCCC2)c1)Nc1cccc(CN2CCCC2=O)c1. The van der Waals surface area contributed by atoms with E-state index in [2.05, 4.69) is 11.4 Å². The number of ether oxygens (including phenoxy) is 1. The van der Waals surface area contributed by atoms with Gasteiger partial charge in [0.05, 0.1) is 6.10 Å². The lowest BCUT2D eigenvalue weighted by Gasteiger charge is -2.16. The lowest BCUT2D eigenvalue weighted by molar-refractivity contribution is -0.128. The lowest BCUT2D eigenvalue weighted by atomic mass is 10.1. The summed E-state index contributed by atoms with van der Waals surface area (Å²) < 4.78 is 6.07. The highest BCUT2D eigenvalue weighted by Gasteiger charge is 2.20. The number of benzene rings is 2. The number of anilines is 1. The normalized spacial score (nSPS) is 16.8. The molecule has 1 N–H and O–H groups in total. The highest BCUT2D eigenvalue weighted by atomic mass is 16.5. The van der Waals surface area contributed by atoms with Crippen molar-refractivity contribution >= 4 is 17.5 Å². The Labute approximate surface area is 178 Å². The van der Waals surface area contributed by atoms with Crippen LogP contribution in [0.5, 0.6) is 5.75 Å². The van der Waals surface area contributed by atoms with Crippen LogP contribution in [0.15, 0.2) is 48.5 Å². The standard InChI is InChI=1S/C25H30N2O3/c28-24(14-13-19-6-4-11-23(17-19)30-22-9-1-2-10-22)26-21-8-3-7-20(16-21)18-27-15-5-12-25(27)29/h3-4,6-8,11,16-17,22H,1-2,5,9-10,12-15,18H2,(H,26,28). The molecule has 158 valence electrons. The number of hydrogen-bond donors (Lipinski definition) is 1. The fourth-order valence-electron chi connectivity index (χ4n) is 4.29. The summed E-state index contributed by atoms with van der Waals surface area (Å²) in [5.41, 5.74) is 2.93. The molecule has 0 aromatic heterocycles. The summed E-state index contributed by atoms with van der Waals surface area (Å²) in [5, 5.41) is 2.99. The number of nitrogens with zero attached hydrogens (tertiary/aromatic N) is 1. The van der Waals surface area contributed by atoms with Gasteiger partial charge in [-0.1, -0.05) is 24.3 Å². The molecule has 2 aromatic carbocycles. The zero-order valence-electron chi connectivity index (χ0n) is 17.4. The Hall–Kier alpha value is -2.82. The summed E-state index contributed by atoms with van der Waals surface area (Å²) in [5.74, 6) is 1.11. The first-order valence-corrected chi connectivity index (χ1v) is 11.1. The second-order valence-electron chi connectivity index (χ2n) is 8.34. The third-order valence-corrected chi connectivity index (χ3v) is 5.90. The largest absolute Gasteiger partial charge is 0.490 e. The highest BCUT2D eigenvalue weighted by molar-refractivity contribution is 5.90. The van der Waals surface area contributed by atoms with Crippen LogP contribution in [0.1, 0.15) is 56.1 Å². The summed E-state index contributed by atoms with van der Waals surface area (Å²) in [6, 6.07) is 15.9. The number of nitrogens with one attached hydrogen (secondary N) is 1. The molecule has 0 atom stereocenters. The van der Waals surface area contributed by atoms with Gasteiger partial charge in [-0.05, 0) is 73.9 Å². The molecular weight excluding hydrogens is 376 g/mol. The highest BCUT2D eigenvalue weighted by Crippen LogP contribution is 2.25. The van der Waals surface area contributed by atoms with Gasteiger partial charge < -0.3 is 15.0 Å². The van der Waals surface area contributed by atoms with E-state index in [1.54, 1.807) is 0 Å². The first-order chi connectivity index (χ1) is 14.7. The molecule has 1 aliphatic carbocycles. The number of aryl methyl sites for hydroxylation is 1. The fourth-order valence-corrected chi connectivity index (χ4v) is 4.29. The van der Waals surface area contributed by atoms with Crippen LogP contribution in [0, 0.1) is 0 Å². The maximum Gasteiger partial charge on any atom is 0.224 e. The third kappa shape index (κ3) is 5.62. The van der Waals surface area contributed by atoms with Gasteiger partial charge in [-0.3, -0.25) is 9.59 Å². The van der Waals surface area contributed by atoms with E-state index in [0.717, 1.165) is 48.4 Å². The van der Waals surface area contributed by atoms with Gasteiger partial charge in [-0.25, -0.2) is 0 Å². The van der Waals surface area contributed by atoms with Crippen molar-refractivity contribution in [1.82, 2.24) is 4.90 Å². The molecule has 0 radical (unpaired) electrons. The third-order valence-electron chi connectivity index (χ3n) is 5.90. The molecule has 2 aromatic rings. The molecule has 1 aliphatic heterocycles.